The number of amides is 1. The predicted molar refractivity (Wildman–Crippen MR) is 130 cm³/mol. The van der Waals surface area contributed by atoms with Crippen molar-refractivity contribution in [1.82, 2.24) is 24.8 Å². The molecule has 0 unspecified atom stereocenters. The fourth-order valence-electron chi connectivity index (χ4n) is 4.74. The smallest absolute Gasteiger partial charge is 0.253 e. The Morgan fingerprint density at radius 2 is 1.89 bits per heavy atom. The minimum atomic E-state index is 0.0513. The van der Waals surface area contributed by atoms with E-state index in [1.165, 1.54) is 0 Å². The summed E-state index contributed by atoms with van der Waals surface area (Å²) in [5, 5.41) is 8.43. The molecule has 1 aromatic heterocycles. The van der Waals surface area contributed by atoms with Gasteiger partial charge in [-0.25, -0.2) is 4.68 Å². The van der Waals surface area contributed by atoms with Crippen molar-refractivity contribution in [3.63, 3.8) is 0 Å². The molecule has 2 aromatic carbocycles. The van der Waals surface area contributed by atoms with E-state index >= 15 is 0 Å². The quantitative estimate of drug-likeness (QED) is 0.533. The van der Waals surface area contributed by atoms with Crippen molar-refractivity contribution in [2.75, 3.05) is 33.9 Å². The Kier molecular flexibility index (Phi) is 6.85. The van der Waals surface area contributed by atoms with E-state index in [1.807, 2.05) is 47.5 Å². The van der Waals surface area contributed by atoms with Crippen LogP contribution in [0.2, 0.25) is 0 Å². The van der Waals surface area contributed by atoms with Gasteiger partial charge in [0.15, 0.2) is 11.5 Å². The van der Waals surface area contributed by atoms with Crippen LogP contribution in [0.15, 0.2) is 48.7 Å². The number of aromatic nitrogens is 3. The zero-order chi connectivity index (χ0) is 24.2. The Hall–Kier alpha value is -3.59. The van der Waals surface area contributed by atoms with Crippen molar-refractivity contribution >= 4 is 5.91 Å². The van der Waals surface area contributed by atoms with E-state index in [4.69, 9.17) is 14.2 Å². The molecule has 184 valence electrons. The summed E-state index contributed by atoms with van der Waals surface area (Å²) in [6.07, 6.45) is 3.69. The number of hydrogen-bond acceptors (Lipinski definition) is 7. The summed E-state index contributed by atoms with van der Waals surface area (Å²) in [6, 6.07) is 13.8. The third-order valence-corrected chi connectivity index (χ3v) is 6.70. The van der Waals surface area contributed by atoms with Crippen LogP contribution in [0.5, 0.6) is 17.2 Å². The Morgan fingerprint density at radius 1 is 1.06 bits per heavy atom. The Balaban J connectivity index is 1.42. The van der Waals surface area contributed by atoms with Crippen LogP contribution in [-0.2, 0) is 19.7 Å². The number of piperidine rings is 1. The van der Waals surface area contributed by atoms with Gasteiger partial charge in [-0.1, -0.05) is 23.4 Å². The minimum Gasteiger partial charge on any atom is -0.493 e. The summed E-state index contributed by atoms with van der Waals surface area (Å²) in [5.74, 6) is 2.14. The molecular weight excluding hydrogens is 446 g/mol. The molecule has 9 heteroatoms. The molecule has 1 amide bonds. The van der Waals surface area contributed by atoms with Crippen molar-refractivity contribution in [3.05, 3.63) is 65.5 Å². The molecule has 0 N–H and O–H groups in total. The second-order valence-electron chi connectivity index (χ2n) is 9.02. The standard InChI is InChI=1S/C26H31N5O4/c1-29-16-20-6-4-8-24(33-2)25(20)35-18-21-17-31(28-27-21)13-14-34-23-7-3-5-19(15-23)26(32)30-11-9-22(29)10-12-30/h3-8,15,17,22H,9-14,16,18H2,1-2H3. The first-order valence-corrected chi connectivity index (χ1v) is 12.0. The summed E-state index contributed by atoms with van der Waals surface area (Å²) < 4.78 is 19.4. The number of carbonyl (C=O) groups excluding carboxylic acids is 1. The van der Waals surface area contributed by atoms with Gasteiger partial charge in [-0.15, -0.1) is 5.10 Å². The number of para-hydroxylation sites is 1. The highest BCUT2D eigenvalue weighted by Crippen LogP contribution is 2.33. The largest absolute Gasteiger partial charge is 0.493 e. The summed E-state index contributed by atoms with van der Waals surface area (Å²) in [5.41, 5.74) is 2.44. The van der Waals surface area contributed by atoms with Gasteiger partial charge in [0.1, 0.15) is 24.7 Å². The van der Waals surface area contributed by atoms with Crippen LogP contribution in [0, 0.1) is 0 Å². The molecule has 9 nitrogen and oxygen atoms in total. The van der Waals surface area contributed by atoms with Gasteiger partial charge in [-0.05, 0) is 44.2 Å². The number of carbonyl (C=O) groups is 1. The van der Waals surface area contributed by atoms with Crippen LogP contribution < -0.4 is 14.2 Å². The van der Waals surface area contributed by atoms with Crippen LogP contribution in [0.3, 0.4) is 0 Å². The van der Waals surface area contributed by atoms with Crippen LogP contribution in [-0.4, -0.2) is 70.6 Å². The first-order valence-electron chi connectivity index (χ1n) is 12.0. The zero-order valence-electron chi connectivity index (χ0n) is 20.2. The van der Waals surface area contributed by atoms with Gasteiger partial charge < -0.3 is 19.1 Å². The molecule has 4 heterocycles. The van der Waals surface area contributed by atoms with Crippen molar-refractivity contribution in [1.29, 1.82) is 0 Å². The Labute approximate surface area is 205 Å². The number of rotatable bonds is 1. The topological polar surface area (TPSA) is 81.9 Å². The highest BCUT2D eigenvalue weighted by atomic mass is 16.5. The average molecular weight is 478 g/mol. The van der Waals surface area contributed by atoms with Gasteiger partial charge in [-0.2, -0.15) is 0 Å². The maximum Gasteiger partial charge on any atom is 0.253 e. The molecule has 6 bridgehead atoms. The Bertz CT molecular complexity index is 1170. The average Bonchev–Trinajstić information content (AvgIpc) is 3.34. The third kappa shape index (κ3) is 5.24. The summed E-state index contributed by atoms with van der Waals surface area (Å²) in [4.78, 5) is 17.4. The SMILES string of the molecule is COc1cccc2c1OCc1cn(nn1)CCOc1cccc(c1)C(=O)N1CCC(CC1)N(C)C2. The third-order valence-electron chi connectivity index (χ3n) is 6.70. The van der Waals surface area contributed by atoms with Gasteiger partial charge in [0.25, 0.3) is 5.91 Å². The second kappa shape index (κ2) is 10.4. The van der Waals surface area contributed by atoms with E-state index < -0.39 is 0 Å². The number of hydrogen-bond donors (Lipinski definition) is 0. The number of benzene rings is 2. The van der Waals surface area contributed by atoms with E-state index in [2.05, 4.69) is 28.3 Å². The monoisotopic (exact) mass is 477 g/mol. The van der Waals surface area contributed by atoms with Gasteiger partial charge in [0, 0.05) is 36.8 Å². The fourth-order valence-corrected chi connectivity index (χ4v) is 4.74. The van der Waals surface area contributed by atoms with Crippen molar-refractivity contribution in [2.24, 2.45) is 0 Å². The maximum absolute atomic E-state index is 13.1. The molecule has 6 rings (SSSR count). The van der Waals surface area contributed by atoms with Gasteiger partial charge in [-0.3, -0.25) is 9.69 Å². The van der Waals surface area contributed by atoms with Gasteiger partial charge in [0.05, 0.1) is 19.9 Å². The molecule has 0 spiro atoms. The van der Waals surface area contributed by atoms with Crippen LogP contribution in [0.25, 0.3) is 0 Å². The minimum absolute atomic E-state index is 0.0513. The molecule has 3 aliphatic heterocycles. The number of nitrogens with zero attached hydrogens (tertiary/aromatic N) is 5. The molecule has 3 aliphatic rings. The highest BCUT2D eigenvalue weighted by molar-refractivity contribution is 5.94. The lowest BCUT2D eigenvalue weighted by Gasteiger charge is -2.37. The predicted octanol–water partition coefficient (Wildman–Crippen LogP) is 2.99. The first-order chi connectivity index (χ1) is 17.1. The lowest BCUT2D eigenvalue weighted by molar-refractivity contribution is 0.0638. The van der Waals surface area contributed by atoms with Crippen molar-refractivity contribution in [2.45, 2.75) is 38.6 Å². The molecule has 1 fully saturated rings. The van der Waals surface area contributed by atoms with Crippen LogP contribution in [0.1, 0.15) is 34.5 Å². The molecular formula is C26H31N5O4. The summed E-state index contributed by atoms with van der Waals surface area (Å²) >= 11 is 0. The van der Waals surface area contributed by atoms with Crippen molar-refractivity contribution < 1.29 is 19.0 Å². The molecule has 35 heavy (non-hydrogen) atoms. The Morgan fingerprint density at radius 3 is 2.71 bits per heavy atom. The van der Waals surface area contributed by atoms with E-state index in [0.29, 0.717) is 42.9 Å². The fraction of sp³-hybridized carbons (Fsp3) is 0.423. The molecule has 1 saturated heterocycles. The van der Waals surface area contributed by atoms with Crippen LogP contribution >= 0.6 is 0 Å². The summed E-state index contributed by atoms with van der Waals surface area (Å²) in [6.45, 7) is 3.41. The zero-order valence-corrected chi connectivity index (χ0v) is 20.2. The first kappa shape index (κ1) is 23.2. The number of ether oxygens (including phenoxy) is 3. The number of fused-ring (bicyclic) bond motifs is 6. The van der Waals surface area contributed by atoms with E-state index in [-0.39, 0.29) is 5.91 Å². The normalized spacial score (nSPS) is 17.9. The molecule has 3 aromatic rings. The van der Waals surface area contributed by atoms with E-state index in [9.17, 15) is 4.79 Å². The number of methoxy groups -OCH3 is 1. The molecule has 0 atom stereocenters. The van der Waals surface area contributed by atoms with Crippen molar-refractivity contribution in [3.8, 4) is 17.2 Å². The summed E-state index contributed by atoms with van der Waals surface area (Å²) in [7, 11) is 3.78. The van der Waals surface area contributed by atoms with E-state index in [1.54, 1.807) is 11.8 Å². The van der Waals surface area contributed by atoms with E-state index in [0.717, 1.165) is 49.5 Å². The second-order valence-corrected chi connectivity index (χ2v) is 9.02. The van der Waals surface area contributed by atoms with Gasteiger partial charge in [0.2, 0.25) is 0 Å². The highest BCUT2D eigenvalue weighted by Gasteiger charge is 2.27. The van der Waals surface area contributed by atoms with Gasteiger partial charge >= 0.3 is 0 Å². The molecule has 0 radical (unpaired) electrons. The molecule has 0 saturated carbocycles. The lowest BCUT2D eigenvalue weighted by atomic mass is 10.0. The van der Waals surface area contributed by atoms with Crippen LogP contribution in [0.4, 0.5) is 0 Å². The lowest BCUT2D eigenvalue weighted by Crippen LogP contribution is -2.45. The maximum atomic E-state index is 13.1. The molecule has 0 aliphatic carbocycles.